The molecule has 0 saturated heterocycles. The molecule has 4 heteroatoms. The van der Waals surface area contributed by atoms with Gasteiger partial charge in [-0.25, -0.2) is 0 Å². The number of phenolic OH excluding ortho intramolecular Hbond substituents is 4. The van der Waals surface area contributed by atoms with E-state index < -0.39 is 0 Å². The monoisotopic (exact) mass is 526 g/mol. The Morgan fingerprint density at radius 3 is 0.658 bits per heavy atom. The number of hydrogen-bond donors (Lipinski definition) is 4. The number of aryl methyl sites for hydroxylation is 2. The molecule has 0 radical (unpaired) electrons. The number of hydrogen-bond acceptors (Lipinski definition) is 4. The van der Waals surface area contributed by atoms with Crippen molar-refractivity contribution in [1.82, 2.24) is 0 Å². The molecule has 0 spiro atoms. The van der Waals surface area contributed by atoms with Crippen LogP contribution >= 0.6 is 0 Å². The van der Waals surface area contributed by atoms with Crippen LogP contribution in [0.5, 0.6) is 23.0 Å². The zero-order chi connectivity index (χ0) is 27.3. The van der Waals surface area contributed by atoms with E-state index in [0.29, 0.717) is 0 Å². The van der Waals surface area contributed by atoms with Crippen LogP contribution in [0.1, 0.15) is 140 Å². The summed E-state index contributed by atoms with van der Waals surface area (Å²) in [6.45, 7) is 0. The van der Waals surface area contributed by atoms with Crippen LogP contribution in [0.25, 0.3) is 0 Å². The topological polar surface area (TPSA) is 80.9 Å². The SMILES string of the molecule is Oc1cc(O)cc(CCCCCCCCCCCCCCCCCCCCCCc2cc(O)cc(O)c2)c1. The highest BCUT2D eigenvalue weighted by Gasteiger charge is 2.01. The highest BCUT2D eigenvalue weighted by atomic mass is 16.3. The molecule has 4 N–H and O–H groups in total. The van der Waals surface area contributed by atoms with Crippen LogP contribution < -0.4 is 0 Å². The standard InChI is InChI=1S/C34H54O4/c35-31-23-29(24-32(36)27-31)21-19-17-15-13-11-9-7-5-3-1-2-4-6-8-10-12-14-16-18-20-22-30-25-33(37)28-34(38)26-30/h23-28,35-38H,1-22H2. The minimum absolute atomic E-state index is 0.154. The van der Waals surface area contributed by atoms with Crippen molar-refractivity contribution in [2.75, 3.05) is 0 Å². The first-order valence-corrected chi connectivity index (χ1v) is 15.6. The summed E-state index contributed by atoms with van der Waals surface area (Å²) in [7, 11) is 0. The molecule has 4 nitrogen and oxygen atoms in total. The van der Waals surface area contributed by atoms with Crippen LogP contribution in [0.4, 0.5) is 0 Å². The van der Waals surface area contributed by atoms with Crippen LogP contribution in [-0.2, 0) is 12.8 Å². The van der Waals surface area contributed by atoms with Gasteiger partial charge in [0.15, 0.2) is 0 Å². The molecule has 0 unspecified atom stereocenters. The number of phenols is 4. The normalized spacial score (nSPS) is 11.3. The van der Waals surface area contributed by atoms with Crippen molar-refractivity contribution in [3.8, 4) is 23.0 Å². The highest BCUT2D eigenvalue weighted by molar-refractivity contribution is 5.37. The van der Waals surface area contributed by atoms with E-state index in [2.05, 4.69) is 0 Å². The summed E-state index contributed by atoms with van der Waals surface area (Å²) in [5.74, 6) is 0.617. The van der Waals surface area contributed by atoms with Crippen molar-refractivity contribution < 1.29 is 20.4 Å². The Kier molecular flexibility index (Phi) is 17.3. The molecule has 0 heterocycles. The zero-order valence-electron chi connectivity index (χ0n) is 23.8. The third kappa shape index (κ3) is 16.5. The maximum atomic E-state index is 9.53. The average Bonchev–Trinajstić information content (AvgIpc) is 2.86. The van der Waals surface area contributed by atoms with E-state index in [-0.39, 0.29) is 23.0 Å². The van der Waals surface area contributed by atoms with Crippen LogP contribution in [0, 0.1) is 0 Å². The predicted molar refractivity (Wildman–Crippen MR) is 159 cm³/mol. The van der Waals surface area contributed by atoms with E-state index in [1.807, 2.05) is 0 Å². The Bertz CT molecular complexity index is 752. The second-order valence-electron chi connectivity index (χ2n) is 11.3. The summed E-state index contributed by atoms with van der Waals surface area (Å²) < 4.78 is 0. The average molecular weight is 527 g/mol. The zero-order valence-corrected chi connectivity index (χ0v) is 23.8. The van der Waals surface area contributed by atoms with Crippen LogP contribution in [0.3, 0.4) is 0 Å². The van der Waals surface area contributed by atoms with Gasteiger partial charge in [-0.2, -0.15) is 0 Å². The minimum Gasteiger partial charge on any atom is -0.508 e. The van der Waals surface area contributed by atoms with E-state index in [9.17, 15) is 20.4 Å². The van der Waals surface area contributed by atoms with Crippen molar-refractivity contribution in [1.29, 1.82) is 0 Å². The summed E-state index contributed by atoms with van der Waals surface area (Å²) in [5.41, 5.74) is 2.05. The third-order valence-corrected chi connectivity index (χ3v) is 7.61. The molecule has 0 aliphatic carbocycles. The summed E-state index contributed by atoms with van der Waals surface area (Å²) in [6, 6.07) is 9.77. The molecule has 2 aromatic carbocycles. The maximum Gasteiger partial charge on any atom is 0.119 e. The highest BCUT2D eigenvalue weighted by Crippen LogP contribution is 2.23. The molecular weight excluding hydrogens is 472 g/mol. The molecule has 0 saturated carbocycles. The van der Waals surface area contributed by atoms with E-state index in [1.54, 1.807) is 24.3 Å². The van der Waals surface area contributed by atoms with Crippen LogP contribution in [0.15, 0.2) is 36.4 Å². The van der Waals surface area contributed by atoms with Gasteiger partial charge in [0.05, 0.1) is 0 Å². The maximum absolute atomic E-state index is 9.53. The van der Waals surface area contributed by atoms with E-state index >= 15 is 0 Å². The first kappa shape index (κ1) is 31.9. The van der Waals surface area contributed by atoms with E-state index in [0.717, 1.165) is 36.8 Å². The fraction of sp³-hybridized carbons (Fsp3) is 0.647. The van der Waals surface area contributed by atoms with Crippen molar-refractivity contribution in [2.45, 2.75) is 141 Å². The molecule has 38 heavy (non-hydrogen) atoms. The number of benzene rings is 2. The van der Waals surface area contributed by atoms with Crippen molar-refractivity contribution in [3.05, 3.63) is 47.5 Å². The first-order valence-electron chi connectivity index (χ1n) is 15.6. The molecule has 2 rings (SSSR count). The molecular formula is C34H54O4. The Morgan fingerprint density at radius 2 is 0.447 bits per heavy atom. The number of aromatic hydroxyl groups is 4. The lowest BCUT2D eigenvalue weighted by Crippen LogP contribution is -1.87. The molecule has 214 valence electrons. The quantitative estimate of drug-likeness (QED) is 0.109. The lowest BCUT2D eigenvalue weighted by Gasteiger charge is -2.05. The minimum atomic E-state index is 0.154. The molecule has 2 aromatic rings. The predicted octanol–water partition coefficient (Wildman–Crippen LogP) is 10.1. The van der Waals surface area contributed by atoms with E-state index in [4.69, 9.17) is 0 Å². The summed E-state index contributed by atoms with van der Waals surface area (Å²) in [6.07, 6.45) is 28.4. The molecule has 0 aliphatic rings. The van der Waals surface area contributed by atoms with Crippen LogP contribution in [0.2, 0.25) is 0 Å². The van der Waals surface area contributed by atoms with Gasteiger partial charge >= 0.3 is 0 Å². The first-order chi connectivity index (χ1) is 18.5. The van der Waals surface area contributed by atoms with Gasteiger partial charge < -0.3 is 20.4 Å². The smallest absolute Gasteiger partial charge is 0.119 e. The van der Waals surface area contributed by atoms with Gasteiger partial charge in [-0.1, -0.05) is 116 Å². The lowest BCUT2D eigenvalue weighted by atomic mass is 10.0. The van der Waals surface area contributed by atoms with Gasteiger partial charge in [-0.3, -0.25) is 0 Å². The second kappa shape index (κ2) is 20.6. The summed E-state index contributed by atoms with van der Waals surface area (Å²) in [4.78, 5) is 0. The van der Waals surface area contributed by atoms with Gasteiger partial charge in [0.25, 0.3) is 0 Å². The molecule has 0 atom stereocenters. The third-order valence-electron chi connectivity index (χ3n) is 7.61. The molecule has 0 amide bonds. The summed E-state index contributed by atoms with van der Waals surface area (Å²) in [5, 5.41) is 38.1. The van der Waals surface area contributed by atoms with Gasteiger partial charge in [0.2, 0.25) is 0 Å². The van der Waals surface area contributed by atoms with Crippen molar-refractivity contribution in [2.24, 2.45) is 0 Å². The Balaban J connectivity index is 1.24. The largest absolute Gasteiger partial charge is 0.508 e. The molecule has 0 bridgehead atoms. The van der Waals surface area contributed by atoms with Crippen molar-refractivity contribution >= 4 is 0 Å². The molecule has 0 aromatic heterocycles. The second-order valence-corrected chi connectivity index (χ2v) is 11.3. The molecule has 0 aliphatic heterocycles. The number of rotatable bonds is 23. The van der Waals surface area contributed by atoms with Crippen LogP contribution in [-0.4, -0.2) is 20.4 Å². The van der Waals surface area contributed by atoms with Gasteiger partial charge in [-0.15, -0.1) is 0 Å². The summed E-state index contributed by atoms with van der Waals surface area (Å²) >= 11 is 0. The fourth-order valence-corrected chi connectivity index (χ4v) is 5.44. The fourth-order valence-electron chi connectivity index (χ4n) is 5.44. The lowest BCUT2D eigenvalue weighted by molar-refractivity contribution is 0.447. The number of unbranched alkanes of at least 4 members (excludes halogenated alkanes) is 19. The van der Waals surface area contributed by atoms with Gasteiger partial charge in [0, 0.05) is 12.1 Å². The molecule has 0 fully saturated rings. The Morgan fingerprint density at radius 1 is 0.263 bits per heavy atom. The Hall–Kier alpha value is -2.36. The van der Waals surface area contributed by atoms with Gasteiger partial charge in [0.1, 0.15) is 23.0 Å². The van der Waals surface area contributed by atoms with E-state index in [1.165, 1.54) is 128 Å². The van der Waals surface area contributed by atoms with Crippen molar-refractivity contribution in [3.63, 3.8) is 0 Å². The van der Waals surface area contributed by atoms with Gasteiger partial charge in [-0.05, 0) is 61.1 Å². The Labute approximate surface area is 232 Å².